The van der Waals surface area contributed by atoms with Gasteiger partial charge in [0.2, 0.25) is 11.8 Å². The van der Waals surface area contributed by atoms with Crippen LogP contribution in [0.1, 0.15) is 52.2 Å². The number of halogens is 2. The summed E-state index contributed by atoms with van der Waals surface area (Å²) in [7, 11) is -4.20. The average Bonchev–Trinajstić information content (AvgIpc) is 2.93. The van der Waals surface area contributed by atoms with Crippen molar-refractivity contribution in [3.63, 3.8) is 0 Å². The minimum Gasteiger partial charge on any atom is -0.494 e. The Labute approximate surface area is 265 Å². The molecule has 2 amide bonds. The van der Waals surface area contributed by atoms with Gasteiger partial charge in [-0.05, 0) is 89.6 Å². The van der Waals surface area contributed by atoms with Crippen LogP contribution in [0.25, 0.3) is 0 Å². The van der Waals surface area contributed by atoms with E-state index in [-0.39, 0.29) is 29.5 Å². The molecule has 11 heteroatoms. The number of benzene rings is 3. The fraction of sp³-hybridized carbons (Fsp3) is 0.375. The van der Waals surface area contributed by atoms with Crippen molar-refractivity contribution in [2.75, 3.05) is 17.5 Å². The molecular formula is C32H39Cl2N3O5S. The van der Waals surface area contributed by atoms with Crippen molar-refractivity contribution in [3.8, 4) is 5.75 Å². The highest BCUT2D eigenvalue weighted by atomic mass is 35.5. The number of anilines is 1. The quantitative estimate of drug-likeness (QED) is 0.238. The number of hydrogen-bond acceptors (Lipinski definition) is 5. The SMILES string of the molecule is CCOc1ccc(N(CC(=O)N(Cc2c(Cl)cccc2Cl)[C@H](CC)C(=O)NC(C)(C)C)S(=O)(=O)c2ccc(C)cc2)cc1. The van der Waals surface area contributed by atoms with Crippen LogP contribution in [-0.2, 0) is 26.2 Å². The van der Waals surface area contributed by atoms with E-state index < -0.39 is 34.1 Å². The van der Waals surface area contributed by atoms with E-state index in [2.05, 4.69) is 5.32 Å². The van der Waals surface area contributed by atoms with E-state index in [1.165, 1.54) is 17.0 Å². The average molecular weight is 649 g/mol. The summed E-state index contributed by atoms with van der Waals surface area (Å²) < 4.78 is 34.7. The molecule has 0 bridgehead atoms. The lowest BCUT2D eigenvalue weighted by molar-refractivity contribution is -0.141. The first-order chi connectivity index (χ1) is 20.2. The van der Waals surface area contributed by atoms with E-state index in [1.807, 2.05) is 34.6 Å². The second-order valence-corrected chi connectivity index (χ2v) is 13.8. The topological polar surface area (TPSA) is 96.0 Å². The highest BCUT2D eigenvalue weighted by Crippen LogP contribution is 2.29. The molecule has 0 radical (unpaired) electrons. The van der Waals surface area contributed by atoms with Gasteiger partial charge in [-0.1, -0.05) is 53.9 Å². The molecule has 0 unspecified atom stereocenters. The third-order valence-electron chi connectivity index (χ3n) is 6.60. The van der Waals surface area contributed by atoms with Crippen LogP contribution in [0.4, 0.5) is 5.69 Å². The highest BCUT2D eigenvalue weighted by Gasteiger charge is 2.35. The van der Waals surface area contributed by atoms with Gasteiger partial charge in [0.15, 0.2) is 0 Å². The molecule has 3 aromatic rings. The number of aryl methyl sites for hydroxylation is 1. The first-order valence-corrected chi connectivity index (χ1v) is 16.2. The first-order valence-electron chi connectivity index (χ1n) is 14.0. The Balaban J connectivity index is 2.11. The molecule has 0 saturated heterocycles. The van der Waals surface area contributed by atoms with Crippen LogP contribution in [0.15, 0.2) is 71.6 Å². The van der Waals surface area contributed by atoms with Crippen LogP contribution in [0, 0.1) is 6.92 Å². The van der Waals surface area contributed by atoms with E-state index in [1.54, 1.807) is 61.5 Å². The molecule has 0 aliphatic heterocycles. The zero-order chi connectivity index (χ0) is 31.9. The summed E-state index contributed by atoms with van der Waals surface area (Å²) in [6.45, 7) is 10.8. The van der Waals surface area contributed by atoms with Crippen LogP contribution < -0.4 is 14.4 Å². The van der Waals surface area contributed by atoms with Gasteiger partial charge in [0, 0.05) is 27.7 Å². The van der Waals surface area contributed by atoms with Gasteiger partial charge in [0.1, 0.15) is 18.3 Å². The zero-order valence-corrected chi connectivity index (χ0v) is 27.7. The monoisotopic (exact) mass is 647 g/mol. The second-order valence-electron chi connectivity index (χ2n) is 11.1. The molecule has 43 heavy (non-hydrogen) atoms. The Bertz CT molecular complexity index is 1500. The van der Waals surface area contributed by atoms with Crippen molar-refractivity contribution in [1.82, 2.24) is 10.2 Å². The molecule has 0 aliphatic carbocycles. The Kier molecular flexibility index (Phi) is 11.5. The fourth-order valence-electron chi connectivity index (χ4n) is 4.47. The number of nitrogens with zero attached hydrogens (tertiary/aromatic N) is 2. The molecule has 232 valence electrons. The summed E-state index contributed by atoms with van der Waals surface area (Å²) in [6.07, 6.45) is 0.267. The summed E-state index contributed by atoms with van der Waals surface area (Å²) >= 11 is 13.0. The predicted octanol–water partition coefficient (Wildman–Crippen LogP) is 6.62. The van der Waals surface area contributed by atoms with Crippen molar-refractivity contribution in [2.45, 2.75) is 71.0 Å². The van der Waals surface area contributed by atoms with Gasteiger partial charge >= 0.3 is 0 Å². The lowest BCUT2D eigenvalue weighted by Gasteiger charge is -2.35. The zero-order valence-electron chi connectivity index (χ0n) is 25.4. The molecule has 0 aromatic heterocycles. The third-order valence-corrected chi connectivity index (χ3v) is 9.09. The maximum Gasteiger partial charge on any atom is 0.264 e. The second kappa shape index (κ2) is 14.5. The normalized spacial score (nSPS) is 12.4. The standard InChI is InChI=1S/C32H39Cl2N3O5S/c1-7-29(31(39)35-32(4,5)6)36(20-26-27(33)10-9-11-28(26)34)30(38)21-37(23-14-16-24(17-15-23)42-8-2)43(40,41)25-18-12-22(3)13-19-25/h9-19,29H,7-8,20-21H2,1-6H3,(H,35,39)/t29-/m1/s1. The number of sulfonamides is 1. The number of carbonyl (C=O) groups is 2. The van der Waals surface area contributed by atoms with Gasteiger partial charge in [-0.2, -0.15) is 0 Å². The first kappa shape index (κ1) is 34.2. The minimum absolute atomic E-state index is 0.0259. The molecule has 0 aliphatic rings. The predicted molar refractivity (Wildman–Crippen MR) is 172 cm³/mol. The van der Waals surface area contributed by atoms with Crippen LogP contribution in [0.5, 0.6) is 5.75 Å². The number of carbonyl (C=O) groups excluding carboxylic acids is 2. The van der Waals surface area contributed by atoms with E-state index in [4.69, 9.17) is 27.9 Å². The fourth-order valence-corrected chi connectivity index (χ4v) is 6.40. The summed E-state index contributed by atoms with van der Waals surface area (Å²) in [5.74, 6) is -0.415. The van der Waals surface area contributed by atoms with Crippen molar-refractivity contribution in [1.29, 1.82) is 0 Å². The summed E-state index contributed by atoms with van der Waals surface area (Å²) in [5, 5.41) is 3.59. The van der Waals surface area contributed by atoms with Gasteiger partial charge in [0.25, 0.3) is 10.0 Å². The molecule has 0 heterocycles. The van der Waals surface area contributed by atoms with Gasteiger partial charge in [0.05, 0.1) is 17.2 Å². The number of nitrogens with one attached hydrogen (secondary N) is 1. The highest BCUT2D eigenvalue weighted by molar-refractivity contribution is 7.92. The molecule has 8 nitrogen and oxygen atoms in total. The summed E-state index contributed by atoms with van der Waals surface area (Å²) in [6, 6.07) is 16.9. The number of ether oxygens (including phenoxy) is 1. The van der Waals surface area contributed by atoms with Crippen molar-refractivity contribution in [2.24, 2.45) is 0 Å². The van der Waals surface area contributed by atoms with Crippen LogP contribution in [0.3, 0.4) is 0 Å². The summed E-state index contributed by atoms with van der Waals surface area (Å²) in [5.41, 5.74) is 1.04. The third kappa shape index (κ3) is 8.87. The van der Waals surface area contributed by atoms with Crippen LogP contribution >= 0.6 is 23.2 Å². The minimum atomic E-state index is -4.20. The van der Waals surface area contributed by atoms with Gasteiger partial charge in [-0.3, -0.25) is 13.9 Å². The maximum absolute atomic E-state index is 14.3. The molecular weight excluding hydrogens is 609 g/mol. The van der Waals surface area contributed by atoms with E-state index in [0.29, 0.717) is 28.0 Å². The molecule has 3 rings (SSSR count). The smallest absolute Gasteiger partial charge is 0.264 e. The van der Waals surface area contributed by atoms with Crippen LogP contribution in [0.2, 0.25) is 10.0 Å². The van der Waals surface area contributed by atoms with E-state index in [0.717, 1.165) is 9.87 Å². The Morgan fingerprint density at radius 2 is 1.51 bits per heavy atom. The van der Waals surface area contributed by atoms with E-state index >= 15 is 0 Å². The lowest BCUT2D eigenvalue weighted by Crippen LogP contribution is -2.55. The number of hydrogen-bond donors (Lipinski definition) is 1. The Morgan fingerprint density at radius 3 is 2.02 bits per heavy atom. The summed E-state index contributed by atoms with van der Waals surface area (Å²) in [4.78, 5) is 29.1. The van der Waals surface area contributed by atoms with Gasteiger partial charge in [-0.25, -0.2) is 8.42 Å². The Morgan fingerprint density at radius 1 is 0.930 bits per heavy atom. The maximum atomic E-state index is 14.3. The van der Waals surface area contributed by atoms with Gasteiger partial charge < -0.3 is 15.0 Å². The molecule has 1 N–H and O–H groups in total. The molecule has 0 saturated carbocycles. The van der Waals surface area contributed by atoms with Crippen molar-refractivity contribution in [3.05, 3.63) is 87.9 Å². The lowest BCUT2D eigenvalue weighted by atomic mass is 10.1. The molecule has 0 fully saturated rings. The number of amides is 2. The van der Waals surface area contributed by atoms with Crippen molar-refractivity contribution >= 4 is 50.7 Å². The largest absolute Gasteiger partial charge is 0.494 e. The van der Waals surface area contributed by atoms with Gasteiger partial charge in [-0.15, -0.1) is 0 Å². The number of rotatable bonds is 12. The van der Waals surface area contributed by atoms with E-state index in [9.17, 15) is 18.0 Å². The molecule has 0 spiro atoms. The Hall–Kier alpha value is -3.27. The molecule has 1 atom stereocenters. The molecule has 3 aromatic carbocycles. The van der Waals surface area contributed by atoms with Crippen LogP contribution in [-0.4, -0.2) is 49.9 Å². The van der Waals surface area contributed by atoms with Crippen molar-refractivity contribution < 1.29 is 22.7 Å².